The molecule has 0 aliphatic carbocycles. The van der Waals surface area contributed by atoms with Crippen molar-refractivity contribution >= 4 is 11.6 Å². The normalized spacial score (nSPS) is 17.9. The van der Waals surface area contributed by atoms with Gasteiger partial charge in [-0.2, -0.15) is 4.98 Å². The zero-order chi connectivity index (χ0) is 14.7. The third kappa shape index (κ3) is 3.11. The zero-order valence-electron chi connectivity index (χ0n) is 11.9. The molecule has 0 saturated carbocycles. The number of carbonyl (C=O) groups excluding carboxylic acids is 1. The summed E-state index contributed by atoms with van der Waals surface area (Å²) in [7, 11) is 0. The first-order valence-corrected chi connectivity index (χ1v) is 7.23. The number of nitrogens with zero attached hydrogens (tertiary/aromatic N) is 2. The second-order valence-electron chi connectivity index (χ2n) is 5.11. The Morgan fingerprint density at radius 2 is 2.24 bits per heavy atom. The average Bonchev–Trinajstić information content (AvgIpc) is 3.19. The maximum absolute atomic E-state index is 12.1. The Kier molecular flexibility index (Phi) is 3.96. The van der Waals surface area contributed by atoms with Gasteiger partial charge in [0, 0.05) is 5.69 Å². The van der Waals surface area contributed by atoms with Gasteiger partial charge < -0.3 is 15.2 Å². The maximum atomic E-state index is 12.1. The molecule has 1 aliphatic rings. The van der Waals surface area contributed by atoms with Crippen LogP contribution >= 0.6 is 0 Å². The van der Waals surface area contributed by atoms with Crippen molar-refractivity contribution in [1.82, 2.24) is 15.5 Å². The molecule has 1 aromatic carbocycles. The number of hydrogen-bond acceptors (Lipinski definition) is 5. The first-order chi connectivity index (χ1) is 10.3. The number of rotatable bonds is 4. The Hall–Kier alpha value is -2.21. The summed E-state index contributed by atoms with van der Waals surface area (Å²) in [5.74, 6) is 0.199. The van der Waals surface area contributed by atoms with Gasteiger partial charge in [-0.05, 0) is 43.5 Å². The van der Waals surface area contributed by atoms with E-state index in [0.29, 0.717) is 5.89 Å². The second kappa shape index (κ2) is 6.05. The second-order valence-corrected chi connectivity index (χ2v) is 5.11. The molecule has 6 heteroatoms. The summed E-state index contributed by atoms with van der Waals surface area (Å²) in [6, 6.07) is 7.79. The molecule has 1 fully saturated rings. The van der Waals surface area contributed by atoms with Crippen LogP contribution in [-0.4, -0.2) is 22.6 Å². The maximum Gasteiger partial charge on any atom is 0.297 e. The molecule has 110 valence electrons. The molecule has 21 heavy (non-hydrogen) atoms. The average molecular weight is 286 g/mol. The van der Waals surface area contributed by atoms with Crippen molar-refractivity contribution in [2.75, 3.05) is 11.9 Å². The molecule has 0 spiro atoms. The molecule has 2 aromatic rings. The summed E-state index contributed by atoms with van der Waals surface area (Å²) in [5, 5.41) is 9.78. The van der Waals surface area contributed by atoms with Crippen LogP contribution in [0.2, 0.25) is 0 Å². The van der Waals surface area contributed by atoms with Gasteiger partial charge in [-0.1, -0.05) is 24.2 Å². The van der Waals surface area contributed by atoms with Crippen LogP contribution < -0.4 is 10.6 Å². The highest BCUT2D eigenvalue weighted by Crippen LogP contribution is 2.21. The molecule has 1 aromatic heterocycles. The topological polar surface area (TPSA) is 80.0 Å². The van der Waals surface area contributed by atoms with E-state index in [1.54, 1.807) is 0 Å². The minimum atomic E-state index is -0.354. The lowest BCUT2D eigenvalue weighted by Crippen LogP contribution is -2.15. The summed E-state index contributed by atoms with van der Waals surface area (Å²) >= 11 is 0. The van der Waals surface area contributed by atoms with Crippen LogP contribution in [0.3, 0.4) is 0 Å². The number of hydrogen-bond donors (Lipinski definition) is 2. The summed E-state index contributed by atoms with van der Waals surface area (Å²) < 4.78 is 5.16. The first-order valence-electron chi connectivity index (χ1n) is 7.23. The number of anilines is 1. The van der Waals surface area contributed by atoms with E-state index in [9.17, 15) is 4.79 Å². The van der Waals surface area contributed by atoms with Crippen LogP contribution in [0.4, 0.5) is 5.69 Å². The lowest BCUT2D eigenvalue weighted by atomic mass is 10.1. The van der Waals surface area contributed by atoms with E-state index in [-0.39, 0.29) is 17.8 Å². The standard InChI is InChI=1S/C15H18N4O2/c1-2-10-5-7-11(8-6-10)17-14(20)13-18-15(21-19-13)12-4-3-9-16-12/h5-8,12,16H,2-4,9H2,1H3,(H,17,20). The lowest BCUT2D eigenvalue weighted by molar-refractivity contribution is 0.101. The van der Waals surface area contributed by atoms with Crippen LogP contribution in [0.1, 0.15) is 47.9 Å². The summed E-state index contributed by atoms with van der Waals surface area (Å²) in [6.45, 7) is 3.03. The van der Waals surface area contributed by atoms with Crippen LogP contribution in [0.5, 0.6) is 0 Å². The lowest BCUT2D eigenvalue weighted by Gasteiger charge is -2.03. The van der Waals surface area contributed by atoms with E-state index in [1.807, 2.05) is 24.3 Å². The summed E-state index contributed by atoms with van der Waals surface area (Å²) in [6.07, 6.45) is 3.01. The highest BCUT2D eigenvalue weighted by molar-refractivity contribution is 6.01. The number of nitrogens with one attached hydrogen (secondary N) is 2. The van der Waals surface area contributed by atoms with E-state index >= 15 is 0 Å². The quantitative estimate of drug-likeness (QED) is 0.901. The Morgan fingerprint density at radius 1 is 1.43 bits per heavy atom. The molecule has 2 heterocycles. The van der Waals surface area contributed by atoms with Crippen molar-refractivity contribution in [2.24, 2.45) is 0 Å². The zero-order valence-corrected chi connectivity index (χ0v) is 11.9. The van der Waals surface area contributed by atoms with E-state index in [4.69, 9.17) is 4.52 Å². The van der Waals surface area contributed by atoms with E-state index in [0.717, 1.165) is 31.5 Å². The molecule has 1 saturated heterocycles. The Balaban J connectivity index is 1.67. The van der Waals surface area contributed by atoms with Gasteiger partial charge >= 0.3 is 0 Å². The third-order valence-electron chi connectivity index (χ3n) is 3.62. The molecule has 1 unspecified atom stereocenters. The summed E-state index contributed by atoms with van der Waals surface area (Å²) in [5.41, 5.74) is 1.95. The number of aromatic nitrogens is 2. The van der Waals surface area contributed by atoms with E-state index in [1.165, 1.54) is 5.56 Å². The fourth-order valence-corrected chi connectivity index (χ4v) is 2.38. The molecule has 1 amide bonds. The SMILES string of the molecule is CCc1ccc(NC(=O)c2noc(C3CCCN3)n2)cc1. The van der Waals surface area contributed by atoms with E-state index in [2.05, 4.69) is 27.7 Å². The molecule has 6 nitrogen and oxygen atoms in total. The van der Waals surface area contributed by atoms with E-state index < -0.39 is 0 Å². The fourth-order valence-electron chi connectivity index (χ4n) is 2.38. The molecule has 2 N–H and O–H groups in total. The van der Waals surface area contributed by atoms with Crippen molar-refractivity contribution in [1.29, 1.82) is 0 Å². The van der Waals surface area contributed by atoms with Gasteiger partial charge in [0.2, 0.25) is 5.89 Å². The third-order valence-corrected chi connectivity index (χ3v) is 3.62. The van der Waals surface area contributed by atoms with Crippen molar-refractivity contribution in [3.8, 4) is 0 Å². The van der Waals surface area contributed by atoms with Gasteiger partial charge in [-0.3, -0.25) is 4.79 Å². The number of carbonyl (C=O) groups is 1. The Morgan fingerprint density at radius 3 is 2.90 bits per heavy atom. The highest BCUT2D eigenvalue weighted by Gasteiger charge is 2.24. The first kappa shape index (κ1) is 13.8. The molecule has 1 atom stereocenters. The largest absolute Gasteiger partial charge is 0.337 e. The molecular formula is C15H18N4O2. The Labute approximate surface area is 122 Å². The number of amides is 1. The minimum absolute atomic E-state index is 0.0678. The fraction of sp³-hybridized carbons (Fsp3) is 0.400. The van der Waals surface area contributed by atoms with Gasteiger partial charge in [0.25, 0.3) is 11.7 Å². The van der Waals surface area contributed by atoms with Gasteiger partial charge in [0.1, 0.15) is 0 Å². The predicted octanol–water partition coefficient (Wildman–Crippen LogP) is 2.31. The van der Waals surface area contributed by atoms with Crippen LogP contribution in [0, 0.1) is 0 Å². The molecule has 0 radical (unpaired) electrons. The van der Waals surface area contributed by atoms with Crippen LogP contribution in [-0.2, 0) is 6.42 Å². The van der Waals surface area contributed by atoms with Crippen LogP contribution in [0.25, 0.3) is 0 Å². The van der Waals surface area contributed by atoms with Crippen LogP contribution in [0.15, 0.2) is 28.8 Å². The number of aryl methyl sites for hydroxylation is 1. The molecular weight excluding hydrogens is 268 g/mol. The van der Waals surface area contributed by atoms with Crippen molar-refractivity contribution < 1.29 is 9.32 Å². The smallest absolute Gasteiger partial charge is 0.297 e. The predicted molar refractivity (Wildman–Crippen MR) is 78.0 cm³/mol. The van der Waals surface area contributed by atoms with Gasteiger partial charge in [0.15, 0.2) is 0 Å². The number of benzene rings is 1. The van der Waals surface area contributed by atoms with Crippen molar-refractivity contribution in [3.05, 3.63) is 41.5 Å². The summed E-state index contributed by atoms with van der Waals surface area (Å²) in [4.78, 5) is 16.2. The van der Waals surface area contributed by atoms with Crippen molar-refractivity contribution in [2.45, 2.75) is 32.2 Å². The molecule has 0 bridgehead atoms. The Bertz CT molecular complexity index is 615. The monoisotopic (exact) mass is 286 g/mol. The van der Waals surface area contributed by atoms with Crippen molar-refractivity contribution in [3.63, 3.8) is 0 Å². The molecule has 3 rings (SSSR count). The van der Waals surface area contributed by atoms with Gasteiger partial charge in [0.05, 0.1) is 6.04 Å². The minimum Gasteiger partial charge on any atom is -0.337 e. The van der Waals surface area contributed by atoms with Gasteiger partial charge in [-0.25, -0.2) is 0 Å². The molecule has 1 aliphatic heterocycles. The highest BCUT2D eigenvalue weighted by atomic mass is 16.5. The van der Waals surface area contributed by atoms with Gasteiger partial charge in [-0.15, -0.1) is 0 Å².